The number of carbonyl (C=O) groups excluding carboxylic acids is 1. The molecule has 1 aliphatic rings. The van der Waals surface area contributed by atoms with E-state index >= 15 is 0 Å². The van der Waals surface area contributed by atoms with Crippen LogP contribution in [0.5, 0.6) is 11.5 Å². The van der Waals surface area contributed by atoms with Crippen molar-refractivity contribution in [1.82, 2.24) is 0 Å². The fourth-order valence-corrected chi connectivity index (χ4v) is 3.95. The van der Waals surface area contributed by atoms with Gasteiger partial charge in [0.25, 0.3) is 11.6 Å². The molecule has 0 aliphatic carbocycles. The fraction of sp³-hybridized carbons (Fsp3) is 0.190. The second kappa shape index (κ2) is 7.92. The third kappa shape index (κ3) is 3.79. The molecule has 0 atom stereocenters. The molecule has 0 saturated heterocycles. The average Bonchev–Trinajstić information content (AvgIpc) is 3.24. The molecular weight excluding hydrogens is 392 g/mol. The van der Waals surface area contributed by atoms with E-state index in [9.17, 15) is 14.9 Å². The summed E-state index contributed by atoms with van der Waals surface area (Å²) in [4.78, 5) is 27.1. The summed E-state index contributed by atoms with van der Waals surface area (Å²) < 4.78 is 11.2. The van der Waals surface area contributed by atoms with Crippen molar-refractivity contribution >= 4 is 28.6 Å². The number of amides is 1. The Hall–Kier alpha value is -3.39. The van der Waals surface area contributed by atoms with Crippen LogP contribution in [0.3, 0.4) is 0 Å². The van der Waals surface area contributed by atoms with Gasteiger partial charge < -0.3 is 14.4 Å². The summed E-state index contributed by atoms with van der Waals surface area (Å²) in [5.74, 6) is 0.729. The van der Waals surface area contributed by atoms with E-state index in [1.807, 2.05) is 17.5 Å². The van der Waals surface area contributed by atoms with Crippen molar-refractivity contribution in [3.63, 3.8) is 0 Å². The highest BCUT2D eigenvalue weighted by Crippen LogP contribution is 2.36. The topological polar surface area (TPSA) is 81.9 Å². The van der Waals surface area contributed by atoms with Crippen LogP contribution in [0.2, 0.25) is 0 Å². The van der Waals surface area contributed by atoms with E-state index in [-0.39, 0.29) is 11.3 Å². The molecule has 2 heterocycles. The molecule has 0 saturated carbocycles. The third-order valence-electron chi connectivity index (χ3n) is 4.63. The zero-order chi connectivity index (χ0) is 20.4. The van der Waals surface area contributed by atoms with Gasteiger partial charge in [-0.05, 0) is 36.6 Å². The van der Waals surface area contributed by atoms with Gasteiger partial charge in [-0.25, -0.2) is 0 Å². The van der Waals surface area contributed by atoms with Gasteiger partial charge in [0.1, 0.15) is 18.8 Å². The van der Waals surface area contributed by atoms with E-state index < -0.39 is 10.8 Å². The number of anilines is 1. The van der Waals surface area contributed by atoms with Crippen molar-refractivity contribution in [2.75, 3.05) is 18.1 Å². The number of rotatable bonds is 5. The van der Waals surface area contributed by atoms with Gasteiger partial charge in [0, 0.05) is 22.2 Å². The highest BCUT2D eigenvalue weighted by atomic mass is 32.1. The SMILES string of the molecule is Cc1cccc(C(=O)N(Cc2cccs2)c2ccc3c(c2)OCCO3)c1[N+](=O)[O-]. The molecule has 1 aliphatic heterocycles. The number of para-hydroxylation sites is 1. The lowest BCUT2D eigenvalue weighted by atomic mass is 10.1. The number of thiophene rings is 1. The maximum atomic E-state index is 13.5. The molecule has 0 radical (unpaired) electrons. The van der Waals surface area contributed by atoms with E-state index in [1.54, 1.807) is 37.3 Å². The van der Waals surface area contributed by atoms with Crippen LogP contribution in [-0.4, -0.2) is 24.0 Å². The van der Waals surface area contributed by atoms with Crippen LogP contribution in [0.15, 0.2) is 53.9 Å². The number of benzene rings is 2. The lowest BCUT2D eigenvalue weighted by Crippen LogP contribution is -2.31. The minimum atomic E-state index is -0.504. The molecule has 29 heavy (non-hydrogen) atoms. The number of nitro groups is 1. The Morgan fingerprint density at radius 2 is 1.93 bits per heavy atom. The largest absolute Gasteiger partial charge is 0.486 e. The summed E-state index contributed by atoms with van der Waals surface area (Å²) in [5, 5.41) is 13.5. The maximum absolute atomic E-state index is 13.5. The molecular formula is C21H18N2O5S. The predicted molar refractivity (Wildman–Crippen MR) is 110 cm³/mol. The lowest BCUT2D eigenvalue weighted by molar-refractivity contribution is -0.385. The molecule has 0 N–H and O–H groups in total. The van der Waals surface area contributed by atoms with E-state index in [0.717, 1.165) is 4.88 Å². The number of fused-ring (bicyclic) bond motifs is 1. The third-order valence-corrected chi connectivity index (χ3v) is 5.49. The van der Waals surface area contributed by atoms with E-state index in [0.29, 0.717) is 42.5 Å². The summed E-state index contributed by atoms with van der Waals surface area (Å²) >= 11 is 1.52. The molecule has 0 spiro atoms. The van der Waals surface area contributed by atoms with Crippen molar-refractivity contribution < 1.29 is 19.2 Å². The van der Waals surface area contributed by atoms with Crippen molar-refractivity contribution in [1.29, 1.82) is 0 Å². The number of hydrogen-bond donors (Lipinski definition) is 0. The quantitative estimate of drug-likeness (QED) is 0.454. The molecule has 1 amide bonds. The van der Waals surface area contributed by atoms with E-state index in [4.69, 9.17) is 9.47 Å². The van der Waals surface area contributed by atoms with Crippen LogP contribution in [0.25, 0.3) is 0 Å². The molecule has 3 aromatic rings. The number of nitrogens with zero attached hydrogens (tertiary/aromatic N) is 2. The number of nitro benzene ring substituents is 1. The Morgan fingerprint density at radius 3 is 2.66 bits per heavy atom. The summed E-state index contributed by atoms with van der Waals surface area (Å²) in [6.45, 7) is 2.82. The molecule has 7 nitrogen and oxygen atoms in total. The zero-order valence-electron chi connectivity index (χ0n) is 15.7. The van der Waals surface area contributed by atoms with Gasteiger partial charge in [-0.1, -0.05) is 18.2 Å². The van der Waals surface area contributed by atoms with Gasteiger partial charge in [0.2, 0.25) is 0 Å². The van der Waals surface area contributed by atoms with Crippen molar-refractivity contribution in [2.45, 2.75) is 13.5 Å². The number of aryl methyl sites for hydroxylation is 1. The summed E-state index contributed by atoms with van der Waals surface area (Å²) in [6, 6.07) is 13.9. The average molecular weight is 410 g/mol. The zero-order valence-corrected chi connectivity index (χ0v) is 16.5. The molecule has 0 unspecified atom stereocenters. The Balaban J connectivity index is 1.78. The molecule has 8 heteroatoms. The van der Waals surface area contributed by atoms with E-state index in [2.05, 4.69) is 0 Å². The second-order valence-electron chi connectivity index (χ2n) is 6.53. The van der Waals surface area contributed by atoms with Gasteiger partial charge in [0.15, 0.2) is 11.5 Å². The number of ether oxygens (including phenoxy) is 2. The molecule has 1 aromatic heterocycles. The Morgan fingerprint density at radius 1 is 1.14 bits per heavy atom. The van der Waals surface area contributed by atoms with Gasteiger partial charge >= 0.3 is 0 Å². The van der Waals surface area contributed by atoms with Gasteiger partial charge in [-0.2, -0.15) is 0 Å². The minimum absolute atomic E-state index is 0.0569. The van der Waals surface area contributed by atoms with Crippen LogP contribution < -0.4 is 14.4 Å². The molecule has 0 fully saturated rings. The molecule has 2 aromatic carbocycles. The van der Waals surface area contributed by atoms with E-state index in [1.165, 1.54) is 22.3 Å². The number of hydrogen-bond acceptors (Lipinski definition) is 6. The van der Waals surface area contributed by atoms with Crippen LogP contribution >= 0.6 is 11.3 Å². The van der Waals surface area contributed by atoms with Crippen molar-refractivity contribution in [3.05, 3.63) is 80.0 Å². The van der Waals surface area contributed by atoms with Gasteiger partial charge in [-0.15, -0.1) is 11.3 Å². The van der Waals surface area contributed by atoms with Gasteiger partial charge in [-0.3, -0.25) is 14.9 Å². The summed E-state index contributed by atoms with van der Waals surface area (Å²) in [5.41, 5.74) is 0.912. The minimum Gasteiger partial charge on any atom is -0.486 e. The Labute approximate surface area is 171 Å². The standard InChI is InChI=1S/C21H18N2O5S/c1-14-4-2-6-17(20(14)23(25)26)21(24)22(13-16-5-3-11-29-16)15-7-8-18-19(12-15)28-10-9-27-18/h2-8,11-12H,9-10,13H2,1H3. The maximum Gasteiger partial charge on any atom is 0.285 e. The fourth-order valence-electron chi connectivity index (χ4n) is 3.26. The first-order valence-electron chi connectivity index (χ1n) is 9.02. The monoisotopic (exact) mass is 410 g/mol. The molecule has 4 rings (SSSR count). The molecule has 0 bridgehead atoms. The van der Waals surface area contributed by atoms with Crippen LogP contribution in [-0.2, 0) is 6.54 Å². The Bertz CT molecular complexity index is 1060. The van der Waals surface area contributed by atoms with Crippen molar-refractivity contribution in [2.24, 2.45) is 0 Å². The normalized spacial score (nSPS) is 12.4. The highest BCUT2D eigenvalue weighted by Gasteiger charge is 2.28. The first kappa shape index (κ1) is 18.9. The smallest absolute Gasteiger partial charge is 0.285 e. The second-order valence-corrected chi connectivity index (χ2v) is 7.56. The Kier molecular flexibility index (Phi) is 5.18. The number of carbonyl (C=O) groups is 1. The van der Waals surface area contributed by atoms with Crippen molar-refractivity contribution in [3.8, 4) is 11.5 Å². The van der Waals surface area contributed by atoms with Crippen LogP contribution in [0.4, 0.5) is 11.4 Å². The first-order valence-corrected chi connectivity index (χ1v) is 9.90. The summed E-state index contributed by atoms with van der Waals surface area (Å²) in [7, 11) is 0. The highest BCUT2D eigenvalue weighted by molar-refractivity contribution is 7.09. The molecule has 148 valence electrons. The predicted octanol–water partition coefficient (Wildman–Crippen LogP) is 4.58. The van der Waals surface area contributed by atoms with Crippen LogP contribution in [0.1, 0.15) is 20.8 Å². The van der Waals surface area contributed by atoms with Crippen LogP contribution in [0, 0.1) is 17.0 Å². The van der Waals surface area contributed by atoms with Gasteiger partial charge in [0.05, 0.1) is 11.5 Å². The lowest BCUT2D eigenvalue weighted by Gasteiger charge is -2.25. The first-order chi connectivity index (χ1) is 14.0. The summed E-state index contributed by atoms with van der Waals surface area (Å²) in [6.07, 6.45) is 0.